The minimum absolute atomic E-state index is 0.137. The van der Waals surface area contributed by atoms with Gasteiger partial charge in [-0.25, -0.2) is 4.98 Å². The first-order valence-corrected chi connectivity index (χ1v) is 7.54. The fraction of sp³-hybridized carbons (Fsp3) is 0. The van der Waals surface area contributed by atoms with Crippen LogP contribution in [0.1, 0.15) is 5.56 Å². The molecule has 6 heteroatoms. The molecule has 0 saturated heterocycles. The molecule has 0 aliphatic carbocycles. The SMILES string of the molecule is O=C1Nc2ccc3ncsc3c2C1=CNc1ccc(O)cc1. The van der Waals surface area contributed by atoms with E-state index in [1.165, 1.54) is 11.3 Å². The van der Waals surface area contributed by atoms with E-state index in [0.29, 0.717) is 5.57 Å². The summed E-state index contributed by atoms with van der Waals surface area (Å²) in [5.41, 5.74) is 5.73. The summed E-state index contributed by atoms with van der Waals surface area (Å²) in [7, 11) is 0. The zero-order valence-electron chi connectivity index (χ0n) is 11.3. The first-order valence-electron chi connectivity index (χ1n) is 6.66. The molecular weight excluding hydrogens is 298 g/mol. The lowest BCUT2D eigenvalue weighted by atomic mass is 10.1. The van der Waals surface area contributed by atoms with Crippen molar-refractivity contribution >= 4 is 44.4 Å². The molecule has 0 atom stereocenters. The molecule has 108 valence electrons. The Morgan fingerprint density at radius 2 is 2.00 bits per heavy atom. The summed E-state index contributed by atoms with van der Waals surface area (Å²) in [4.78, 5) is 16.5. The molecule has 1 aliphatic rings. The Bertz CT molecular complexity index is 913. The van der Waals surface area contributed by atoms with E-state index in [2.05, 4.69) is 15.6 Å². The fourth-order valence-corrected chi connectivity index (χ4v) is 3.31. The third kappa shape index (κ3) is 2.01. The molecule has 0 spiro atoms. The summed E-state index contributed by atoms with van der Waals surface area (Å²) in [5.74, 6) is 0.0655. The van der Waals surface area contributed by atoms with Crippen LogP contribution in [0.4, 0.5) is 11.4 Å². The quantitative estimate of drug-likeness (QED) is 0.501. The number of aromatic nitrogens is 1. The third-order valence-electron chi connectivity index (χ3n) is 3.51. The first kappa shape index (κ1) is 12.8. The summed E-state index contributed by atoms with van der Waals surface area (Å²) < 4.78 is 0.995. The molecule has 0 unspecified atom stereocenters. The summed E-state index contributed by atoms with van der Waals surface area (Å²) >= 11 is 1.52. The molecule has 0 saturated carbocycles. The summed E-state index contributed by atoms with van der Waals surface area (Å²) in [6.07, 6.45) is 1.69. The number of anilines is 2. The van der Waals surface area contributed by atoms with Crippen LogP contribution in [0.15, 0.2) is 48.1 Å². The van der Waals surface area contributed by atoms with E-state index in [1.807, 2.05) is 12.1 Å². The Balaban J connectivity index is 1.76. The van der Waals surface area contributed by atoms with Gasteiger partial charge in [0.25, 0.3) is 5.91 Å². The van der Waals surface area contributed by atoms with E-state index in [1.54, 1.807) is 36.0 Å². The Hall–Kier alpha value is -2.86. The van der Waals surface area contributed by atoms with Crippen molar-refractivity contribution < 1.29 is 9.90 Å². The molecule has 22 heavy (non-hydrogen) atoms. The highest BCUT2D eigenvalue weighted by molar-refractivity contribution is 7.17. The highest BCUT2D eigenvalue weighted by Gasteiger charge is 2.27. The molecule has 0 radical (unpaired) electrons. The highest BCUT2D eigenvalue weighted by atomic mass is 32.1. The van der Waals surface area contributed by atoms with Crippen molar-refractivity contribution in [1.29, 1.82) is 0 Å². The lowest BCUT2D eigenvalue weighted by molar-refractivity contribution is -0.110. The maximum absolute atomic E-state index is 12.2. The van der Waals surface area contributed by atoms with Crippen molar-refractivity contribution in [3.8, 4) is 5.75 Å². The number of carbonyl (C=O) groups is 1. The molecule has 5 nitrogen and oxygen atoms in total. The summed E-state index contributed by atoms with van der Waals surface area (Å²) in [6.45, 7) is 0. The van der Waals surface area contributed by atoms with E-state index >= 15 is 0 Å². The van der Waals surface area contributed by atoms with Gasteiger partial charge in [-0.15, -0.1) is 11.3 Å². The van der Waals surface area contributed by atoms with Crippen LogP contribution in [-0.2, 0) is 4.79 Å². The smallest absolute Gasteiger partial charge is 0.257 e. The van der Waals surface area contributed by atoms with Gasteiger partial charge >= 0.3 is 0 Å². The monoisotopic (exact) mass is 309 g/mol. The molecule has 3 aromatic rings. The first-order chi connectivity index (χ1) is 10.7. The Kier molecular flexibility index (Phi) is 2.83. The van der Waals surface area contributed by atoms with E-state index in [4.69, 9.17) is 0 Å². The summed E-state index contributed by atoms with van der Waals surface area (Å²) in [5, 5.41) is 15.2. The number of phenols is 1. The number of amides is 1. The zero-order chi connectivity index (χ0) is 15.1. The molecule has 1 aromatic heterocycles. The number of nitrogens with zero attached hydrogens (tertiary/aromatic N) is 1. The van der Waals surface area contributed by atoms with Crippen LogP contribution in [0.25, 0.3) is 15.8 Å². The van der Waals surface area contributed by atoms with Crippen LogP contribution in [0.5, 0.6) is 5.75 Å². The largest absolute Gasteiger partial charge is 0.508 e. The van der Waals surface area contributed by atoms with Gasteiger partial charge in [0, 0.05) is 17.5 Å². The molecule has 3 N–H and O–H groups in total. The van der Waals surface area contributed by atoms with Crippen molar-refractivity contribution in [3.63, 3.8) is 0 Å². The minimum atomic E-state index is -0.137. The van der Waals surface area contributed by atoms with Gasteiger partial charge in [-0.3, -0.25) is 4.79 Å². The maximum atomic E-state index is 12.2. The van der Waals surface area contributed by atoms with Gasteiger partial charge in [0.2, 0.25) is 0 Å². The Morgan fingerprint density at radius 3 is 2.82 bits per heavy atom. The number of thiazole rings is 1. The molecular formula is C16H11N3O2S. The molecule has 1 amide bonds. The second kappa shape index (κ2) is 4.85. The lowest BCUT2D eigenvalue weighted by Gasteiger charge is -2.03. The van der Waals surface area contributed by atoms with E-state index in [0.717, 1.165) is 27.2 Å². The van der Waals surface area contributed by atoms with Gasteiger partial charge in [0.05, 0.1) is 27.0 Å². The molecule has 4 rings (SSSR count). The summed E-state index contributed by atoms with van der Waals surface area (Å²) in [6, 6.07) is 10.4. The number of aromatic hydroxyl groups is 1. The van der Waals surface area contributed by atoms with Gasteiger partial charge in [-0.05, 0) is 36.4 Å². The standard InChI is InChI=1S/C16H11N3O2S/c20-10-3-1-9(2-4-10)17-7-11-14-12(19-16(11)21)5-6-13-15(14)22-8-18-13/h1-8,17,20H,(H,19,21). The number of hydrogen-bond donors (Lipinski definition) is 3. The zero-order valence-corrected chi connectivity index (χ0v) is 12.1. The predicted molar refractivity (Wildman–Crippen MR) is 88.0 cm³/mol. The van der Waals surface area contributed by atoms with Crippen molar-refractivity contribution in [2.75, 3.05) is 10.6 Å². The van der Waals surface area contributed by atoms with Gasteiger partial charge in [-0.2, -0.15) is 0 Å². The van der Waals surface area contributed by atoms with E-state index in [9.17, 15) is 9.90 Å². The number of hydrogen-bond acceptors (Lipinski definition) is 5. The fourth-order valence-electron chi connectivity index (χ4n) is 2.45. The molecule has 0 fully saturated rings. The molecule has 1 aliphatic heterocycles. The lowest BCUT2D eigenvalue weighted by Crippen LogP contribution is -2.05. The normalized spacial score (nSPS) is 15.1. The number of nitrogens with one attached hydrogen (secondary N) is 2. The predicted octanol–water partition coefficient (Wildman–Crippen LogP) is 3.41. The second-order valence-corrected chi connectivity index (χ2v) is 5.75. The Labute approximate surface area is 129 Å². The third-order valence-corrected chi connectivity index (χ3v) is 4.37. The van der Waals surface area contributed by atoms with Gasteiger partial charge in [-0.1, -0.05) is 0 Å². The molecule has 2 heterocycles. The average molecular weight is 309 g/mol. The molecule has 0 bridgehead atoms. The van der Waals surface area contributed by atoms with E-state index < -0.39 is 0 Å². The number of carbonyl (C=O) groups excluding carboxylic acids is 1. The maximum Gasteiger partial charge on any atom is 0.257 e. The van der Waals surface area contributed by atoms with Crippen LogP contribution in [0.2, 0.25) is 0 Å². The van der Waals surface area contributed by atoms with Gasteiger partial charge in [0.1, 0.15) is 5.75 Å². The van der Waals surface area contributed by atoms with Crippen molar-refractivity contribution in [3.05, 3.63) is 53.7 Å². The van der Waals surface area contributed by atoms with Gasteiger partial charge in [0.15, 0.2) is 0 Å². The number of phenolic OH excluding ortho intramolecular Hbond substituents is 1. The minimum Gasteiger partial charge on any atom is -0.508 e. The van der Waals surface area contributed by atoms with Crippen molar-refractivity contribution in [2.45, 2.75) is 0 Å². The van der Waals surface area contributed by atoms with Gasteiger partial charge < -0.3 is 15.7 Å². The number of benzene rings is 2. The van der Waals surface area contributed by atoms with Crippen LogP contribution < -0.4 is 10.6 Å². The topological polar surface area (TPSA) is 74.2 Å². The molecule has 2 aromatic carbocycles. The highest BCUT2D eigenvalue weighted by Crippen LogP contribution is 2.39. The Morgan fingerprint density at radius 1 is 1.18 bits per heavy atom. The van der Waals surface area contributed by atoms with Crippen molar-refractivity contribution in [1.82, 2.24) is 4.98 Å². The number of rotatable bonds is 2. The van der Waals surface area contributed by atoms with Crippen molar-refractivity contribution in [2.24, 2.45) is 0 Å². The van der Waals surface area contributed by atoms with Crippen LogP contribution in [0.3, 0.4) is 0 Å². The van der Waals surface area contributed by atoms with Crippen LogP contribution >= 0.6 is 11.3 Å². The van der Waals surface area contributed by atoms with E-state index in [-0.39, 0.29) is 11.7 Å². The average Bonchev–Trinajstić information content (AvgIpc) is 3.10. The van der Waals surface area contributed by atoms with Crippen LogP contribution in [-0.4, -0.2) is 16.0 Å². The van der Waals surface area contributed by atoms with Crippen LogP contribution in [0, 0.1) is 0 Å². The number of fused-ring (bicyclic) bond motifs is 3. The second-order valence-electron chi connectivity index (χ2n) is 4.89.